The zero-order valence-electron chi connectivity index (χ0n) is 34.3. The topological polar surface area (TPSA) is 8.17 Å². The Kier molecular flexibility index (Phi) is 7.98. The predicted molar refractivity (Wildman–Crippen MR) is 264 cm³/mol. The molecule has 0 unspecified atom stereocenters. The smallest absolute Gasteiger partial charge is 0.0547 e. The number of rotatable bonds is 6. The molecule has 0 radical (unpaired) electrons. The number of para-hydroxylation sites is 2. The minimum absolute atomic E-state index is 0.154. The van der Waals surface area contributed by atoms with Crippen molar-refractivity contribution in [2.24, 2.45) is 0 Å². The first kappa shape index (κ1) is 35.5. The number of fused-ring (bicyclic) bond motifs is 11. The number of hydrogen-bond acceptors (Lipinski definition) is 2. The quantitative estimate of drug-likeness (QED) is 0.162. The van der Waals surface area contributed by atoms with E-state index in [0.717, 1.165) is 17.1 Å². The third kappa shape index (κ3) is 5.41. The first-order valence-corrected chi connectivity index (χ1v) is 22.8. The van der Waals surface area contributed by atoms with Crippen LogP contribution < -0.4 is 4.90 Å². The van der Waals surface area contributed by atoms with Crippen LogP contribution in [0.3, 0.4) is 0 Å². The van der Waals surface area contributed by atoms with E-state index in [9.17, 15) is 0 Å². The zero-order valence-corrected chi connectivity index (χ0v) is 35.1. The van der Waals surface area contributed by atoms with Crippen LogP contribution in [-0.2, 0) is 5.41 Å². The molecule has 0 aliphatic heterocycles. The Morgan fingerprint density at radius 3 is 1.76 bits per heavy atom. The van der Waals surface area contributed by atoms with Gasteiger partial charge in [0.05, 0.1) is 11.0 Å². The highest BCUT2D eigenvalue weighted by Crippen LogP contribution is 2.57. The lowest BCUT2D eigenvalue weighted by atomic mass is 9.76. The summed E-state index contributed by atoms with van der Waals surface area (Å²) in [4.78, 5) is 2.42. The molecule has 3 heteroatoms. The standard InChI is InChI=1S/C59H42N2S/c1-2-12-43(13-3-1)61-55-18-8-5-15-49(55)50-32-25-42(37-56(50)61)40-22-28-45(29-23-40)60(46-30-33-58-52(38-46)51-16-6-9-19-57(51)62-58)44-26-20-39(21-27-44)41-24-31-48-47-14-4-7-17-53(47)59(54(48)36-41)34-10-11-35-59/h1-9,12-33,36-38H,10-11,34-35H2. The minimum atomic E-state index is 0.154. The number of hydrogen-bond donors (Lipinski definition) is 0. The van der Waals surface area contributed by atoms with E-state index in [1.807, 2.05) is 11.3 Å². The summed E-state index contributed by atoms with van der Waals surface area (Å²) in [5, 5.41) is 5.13. The van der Waals surface area contributed by atoms with Gasteiger partial charge in [0.1, 0.15) is 0 Å². The average Bonchev–Trinajstić information content (AvgIpc) is 4.12. The molecule has 2 aliphatic rings. The van der Waals surface area contributed by atoms with Gasteiger partial charge in [-0.3, -0.25) is 0 Å². The van der Waals surface area contributed by atoms with Crippen molar-refractivity contribution < 1.29 is 0 Å². The molecule has 0 atom stereocenters. The van der Waals surface area contributed by atoms with Gasteiger partial charge < -0.3 is 9.47 Å². The fourth-order valence-corrected chi connectivity index (χ4v) is 12.2. The van der Waals surface area contributed by atoms with Crippen LogP contribution in [0.25, 0.3) is 81.0 Å². The summed E-state index contributed by atoms with van der Waals surface area (Å²) in [6.07, 6.45) is 5.07. The van der Waals surface area contributed by atoms with Crippen LogP contribution in [0.5, 0.6) is 0 Å². The monoisotopic (exact) mass is 810 g/mol. The molecule has 0 saturated heterocycles. The summed E-state index contributed by atoms with van der Waals surface area (Å²) in [6.45, 7) is 0. The van der Waals surface area contributed by atoms with Crippen LogP contribution in [-0.4, -0.2) is 4.57 Å². The van der Waals surface area contributed by atoms with Gasteiger partial charge in [-0.2, -0.15) is 0 Å². The molecule has 2 aliphatic carbocycles. The lowest BCUT2D eigenvalue weighted by Crippen LogP contribution is -2.20. The number of anilines is 3. The van der Waals surface area contributed by atoms with Gasteiger partial charge >= 0.3 is 0 Å². The van der Waals surface area contributed by atoms with E-state index in [-0.39, 0.29) is 5.41 Å². The van der Waals surface area contributed by atoms with Crippen LogP contribution in [0.15, 0.2) is 206 Å². The van der Waals surface area contributed by atoms with E-state index < -0.39 is 0 Å². The molecular formula is C59H42N2S. The Morgan fingerprint density at radius 2 is 0.968 bits per heavy atom. The van der Waals surface area contributed by atoms with Gasteiger partial charge in [-0.1, -0.05) is 140 Å². The molecule has 1 fully saturated rings. The Morgan fingerprint density at radius 1 is 0.387 bits per heavy atom. The number of thiophene rings is 1. The first-order chi connectivity index (χ1) is 30.7. The lowest BCUT2D eigenvalue weighted by molar-refractivity contribution is 0.550. The second-order valence-electron chi connectivity index (χ2n) is 17.2. The zero-order chi connectivity index (χ0) is 40.8. The number of aromatic nitrogens is 1. The highest BCUT2D eigenvalue weighted by Gasteiger charge is 2.44. The van der Waals surface area contributed by atoms with Crippen molar-refractivity contribution in [2.45, 2.75) is 31.1 Å². The van der Waals surface area contributed by atoms with E-state index in [1.165, 1.54) is 118 Å². The van der Waals surface area contributed by atoms with E-state index in [2.05, 4.69) is 216 Å². The molecule has 1 spiro atoms. The SMILES string of the molecule is c1ccc(-n2c3ccccc3c3ccc(-c4ccc(N(c5ccc(-c6ccc7c(c6)C6(CCCC6)c6ccccc6-7)cc5)c5ccc6sc7ccccc7c6c5)cc4)cc32)cc1. The molecule has 0 N–H and O–H groups in total. The predicted octanol–water partition coefficient (Wildman–Crippen LogP) is 16.8. The highest BCUT2D eigenvalue weighted by molar-refractivity contribution is 7.25. The summed E-state index contributed by atoms with van der Waals surface area (Å²) in [5.74, 6) is 0. The fourth-order valence-electron chi connectivity index (χ4n) is 11.1. The van der Waals surface area contributed by atoms with E-state index in [0.29, 0.717) is 0 Å². The van der Waals surface area contributed by atoms with Crippen molar-refractivity contribution in [1.29, 1.82) is 0 Å². The highest BCUT2D eigenvalue weighted by atomic mass is 32.1. The molecule has 11 aromatic rings. The van der Waals surface area contributed by atoms with Crippen LogP contribution in [0.2, 0.25) is 0 Å². The Hall–Kier alpha value is -7.20. The minimum Gasteiger partial charge on any atom is -0.310 e. The van der Waals surface area contributed by atoms with Crippen LogP contribution in [0, 0.1) is 0 Å². The average molecular weight is 811 g/mol. The van der Waals surface area contributed by atoms with Gasteiger partial charge in [-0.15, -0.1) is 11.3 Å². The molecule has 13 rings (SSSR count). The Balaban J connectivity index is 0.903. The Bertz CT molecular complexity index is 3510. The molecule has 0 amide bonds. The van der Waals surface area contributed by atoms with Crippen molar-refractivity contribution in [3.63, 3.8) is 0 Å². The molecule has 62 heavy (non-hydrogen) atoms. The molecule has 294 valence electrons. The summed E-state index contributed by atoms with van der Waals surface area (Å²) < 4.78 is 5.02. The van der Waals surface area contributed by atoms with Gasteiger partial charge in [0.25, 0.3) is 0 Å². The third-order valence-electron chi connectivity index (χ3n) is 13.9. The normalized spacial score (nSPS) is 14.0. The maximum Gasteiger partial charge on any atom is 0.0547 e. The van der Waals surface area contributed by atoms with Gasteiger partial charge in [0.2, 0.25) is 0 Å². The number of benzene rings is 9. The number of nitrogens with zero attached hydrogens (tertiary/aromatic N) is 2. The van der Waals surface area contributed by atoms with Gasteiger partial charge in [0, 0.05) is 59.1 Å². The van der Waals surface area contributed by atoms with Crippen molar-refractivity contribution >= 4 is 70.4 Å². The van der Waals surface area contributed by atoms with Crippen molar-refractivity contribution in [2.75, 3.05) is 4.90 Å². The third-order valence-corrected chi connectivity index (χ3v) is 15.1. The lowest BCUT2D eigenvalue weighted by Gasteiger charge is -2.27. The van der Waals surface area contributed by atoms with E-state index in [4.69, 9.17) is 0 Å². The first-order valence-electron chi connectivity index (χ1n) is 22.0. The van der Waals surface area contributed by atoms with Gasteiger partial charge in [-0.05, 0) is 136 Å². The molecule has 0 bridgehead atoms. The second kappa shape index (κ2) is 13.9. The van der Waals surface area contributed by atoms with E-state index in [1.54, 1.807) is 0 Å². The van der Waals surface area contributed by atoms with Crippen molar-refractivity contribution in [1.82, 2.24) is 4.57 Å². The Labute approximate surface area is 365 Å². The van der Waals surface area contributed by atoms with Gasteiger partial charge in [-0.25, -0.2) is 0 Å². The maximum atomic E-state index is 2.51. The summed E-state index contributed by atoms with van der Waals surface area (Å²) in [5.41, 5.74) is 18.0. The molecule has 2 aromatic heterocycles. The van der Waals surface area contributed by atoms with Crippen molar-refractivity contribution in [3.05, 3.63) is 217 Å². The van der Waals surface area contributed by atoms with Crippen LogP contribution in [0.4, 0.5) is 17.1 Å². The summed E-state index contributed by atoms with van der Waals surface area (Å²) in [6, 6.07) is 76.9. The second-order valence-corrected chi connectivity index (χ2v) is 18.3. The molecule has 1 saturated carbocycles. The molecule has 9 aromatic carbocycles. The van der Waals surface area contributed by atoms with Gasteiger partial charge in [0.15, 0.2) is 0 Å². The van der Waals surface area contributed by atoms with Crippen LogP contribution in [0.1, 0.15) is 36.8 Å². The summed E-state index contributed by atoms with van der Waals surface area (Å²) >= 11 is 1.87. The maximum absolute atomic E-state index is 2.51. The largest absolute Gasteiger partial charge is 0.310 e. The molecule has 2 heterocycles. The molecule has 2 nitrogen and oxygen atoms in total. The molecular weight excluding hydrogens is 769 g/mol. The van der Waals surface area contributed by atoms with E-state index >= 15 is 0 Å². The summed E-state index contributed by atoms with van der Waals surface area (Å²) in [7, 11) is 0. The van der Waals surface area contributed by atoms with Crippen molar-refractivity contribution in [3.8, 4) is 39.1 Å². The fraction of sp³-hybridized carbons (Fsp3) is 0.0847. The van der Waals surface area contributed by atoms with Crippen LogP contribution >= 0.6 is 11.3 Å².